The van der Waals surface area contributed by atoms with E-state index >= 15 is 0 Å². The van der Waals surface area contributed by atoms with Crippen LogP contribution in [-0.4, -0.2) is 48.6 Å². The second-order valence-electron chi connectivity index (χ2n) is 5.39. The van der Waals surface area contributed by atoms with E-state index in [9.17, 15) is 9.90 Å². The van der Waals surface area contributed by atoms with E-state index < -0.39 is 6.10 Å². The Balaban J connectivity index is 1.54. The normalized spacial score (nSPS) is 31.5. The number of carbonyl (C=O) groups excluding carboxylic acids is 1. The van der Waals surface area contributed by atoms with Crippen LogP contribution in [0.15, 0.2) is 29.6 Å². The quantitative estimate of drug-likeness (QED) is 0.873. The molecule has 2 saturated heterocycles. The number of hydrogen-bond donors (Lipinski definition) is 2. The molecule has 2 aromatic rings. The maximum absolute atomic E-state index is 12.5. The Kier molecular flexibility index (Phi) is 3.19. The summed E-state index contributed by atoms with van der Waals surface area (Å²) in [7, 11) is 0. The Morgan fingerprint density at radius 3 is 2.95 bits per heavy atom. The number of ether oxygens (including phenoxy) is 2. The number of nitrogens with one attached hydrogen (secondary N) is 1. The monoisotopic (exact) mass is 305 g/mol. The Hall–Kier alpha value is -1.47. The number of thiophene rings is 1. The van der Waals surface area contributed by atoms with E-state index in [1.165, 1.54) is 0 Å². The van der Waals surface area contributed by atoms with Gasteiger partial charge < -0.3 is 19.9 Å². The minimum atomic E-state index is -0.598. The zero-order valence-corrected chi connectivity index (χ0v) is 12.0. The first-order valence-electron chi connectivity index (χ1n) is 6.92. The summed E-state index contributed by atoms with van der Waals surface area (Å²) in [6, 6.07) is 7.63. The van der Waals surface area contributed by atoms with Gasteiger partial charge >= 0.3 is 0 Å². The molecule has 2 aliphatic rings. The third-order valence-electron chi connectivity index (χ3n) is 4.07. The van der Waals surface area contributed by atoms with Crippen LogP contribution in [0.5, 0.6) is 0 Å². The molecule has 1 amide bonds. The van der Waals surface area contributed by atoms with Crippen LogP contribution in [0.3, 0.4) is 0 Å². The summed E-state index contributed by atoms with van der Waals surface area (Å²) in [6.07, 6.45) is -1.18. The van der Waals surface area contributed by atoms with Gasteiger partial charge in [0.05, 0.1) is 24.8 Å². The van der Waals surface area contributed by atoms with Crippen molar-refractivity contribution in [2.45, 2.75) is 24.4 Å². The van der Waals surface area contributed by atoms with Crippen molar-refractivity contribution >= 4 is 27.3 Å². The number of aliphatic hydroxyl groups is 1. The van der Waals surface area contributed by atoms with Gasteiger partial charge in [0, 0.05) is 15.5 Å². The second kappa shape index (κ2) is 5.06. The zero-order chi connectivity index (χ0) is 14.4. The van der Waals surface area contributed by atoms with E-state index in [2.05, 4.69) is 5.32 Å². The molecule has 21 heavy (non-hydrogen) atoms. The Labute approximate surface area is 125 Å². The number of carbonyl (C=O) groups is 1. The molecule has 0 unspecified atom stereocenters. The van der Waals surface area contributed by atoms with Gasteiger partial charge in [-0.25, -0.2) is 0 Å². The molecule has 0 spiro atoms. The smallest absolute Gasteiger partial charge is 0.253 e. The van der Waals surface area contributed by atoms with Crippen LogP contribution in [0, 0.1) is 0 Å². The number of fused-ring (bicyclic) bond motifs is 2. The minimum Gasteiger partial charge on any atom is -0.388 e. The number of hydrogen-bond acceptors (Lipinski definition) is 5. The molecule has 0 bridgehead atoms. The molecule has 6 heteroatoms. The third kappa shape index (κ3) is 2.15. The first-order chi connectivity index (χ1) is 10.2. The molecular weight excluding hydrogens is 290 g/mol. The largest absolute Gasteiger partial charge is 0.388 e. The van der Waals surface area contributed by atoms with Gasteiger partial charge in [-0.15, -0.1) is 11.3 Å². The van der Waals surface area contributed by atoms with Crippen molar-refractivity contribution in [1.82, 2.24) is 5.32 Å². The summed E-state index contributed by atoms with van der Waals surface area (Å²) in [4.78, 5) is 12.5. The van der Waals surface area contributed by atoms with Gasteiger partial charge in [0.1, 0.15) is 18.3 Å². The highest BCUT2D eigenvalue weighted by Gasteiger charge is 2.47. The maximum Gasteiger partial charge on any atom is 0.253 e. The molecule has 0 saturated carbocycles. The van der Waals surface area contributed by atoms with Gasteiger partial charge in [0.15, 0.2) is 0 Å². The van der Waals surface area contributed by atoms with Crippen molar-refractivity contribution in [3.8, 4) is 0 Å². The van der Waals surface area contributed by atoms with Crippen molar-refractivity contribution < 1.29 is 19.4 Å². The molecule has 5 nitrogen and oxygen atoms in total. The minimum absolute atomic E-state index is 0.119. The molecular formula is C15H15NO4S. The van der Waals surface area contributed by atoms with Crippen LogP contribution in [0.25, 0.3) is 10.1 Å². The summed E-state index contributed by atoms with van der Waals surface area (Å²) >= 11 is 1.56. The molecule has 1 aromatic heterocycles. The van der Waals surface area contributed by atoms with Gasteiger partial charge in [0.2, 0.25) is 0 Å². The lowest BCUT2D eigenvalue weighted by molar-refractivity contribution is 0.0178. The highest BCUT2D eigenvalue weighted by Crippen LogP contribution is 2.29. The van der Waals surface area contributed by atoms with Gasteiger partial charge in [0.25, 0.3) is 5.91 Å². The van der Waals surface area contributed by atoms with Crippen LogP contribution in [0.1, 0.15) is 10.4 Å². The summed E-state index contributed by atoms with van der Waals surface area (Å²) in [6.45, 7) is 0.642. The highest BCUT2D eigenvalue weighted by atomic mass is 32.1. The van der Waals surface area contributed by atoms with Crippen LogP contribution in [0.2, 0.25) is 0 Å². The van der Waals surface area contributed by atoms with E-state index in [1.807, 2.05) is 29.6 Å². The highest BCUT2D eigenvalue weighted by molar-refractivity contribution is 7.17. The molecule has 4 rings (SSSR count). The maximum atomic E-state index is 12.5. The first-order valence-corrected chi connectivity index (χ1v) is 7.80. The van der Waals surface area contributed by atoms with E-state index in [1.54, 1.807) is 11.3 Å². The molecule has 4 atom stereocenters. The molecule has 1 aromatic carbocycles. The number of rotatable bonds is 2. The van der Waals surface area contributed by atoms with Crippen LogP contribution < -0.4 is 5.32 Å². The van der Waals surface area contributed by atoms with Crippen LogP contribution in [0.4, 0.5) is 0 Å². The molecule has 110 valence electrons. The predicted octanol–water partition coefficient (Wildman–Crippen LogP) is 1.16. The van der Waals surface area contributed by atoms with Crippen molar-refractivity contribution in [3.63, 3.8) is 0 Å². The van der Waals surface area contributed by atoms with Crippen molar-refractivity contribution in [3.05, 3.63) is 35.2 Å². The van der Waals surface area contributed by atoms with Crippen molar-refractivity contribution in [1.29, 1.82) is 0 Å². The average Bonchev–Trinajstić information content (AvgIpc) is 3.16. The number of amides is 1. The van der Waals surface area contributed by atoms with Gasteiger partial charge in [-0.2, -0.15) is 0 Å². The van der Waals surface area contributed by atoms with E-state index in [0.717, 1.165) is 10.1 Å². The Morgan fingerprint density at radius 1 is 1.24 bits per heavy atom. The first kappa shape index (κ1) is 13.2. The Morgan fingerprint density at radius 2 is 2.05 bits per heavy atom. The Bertz CT molecular complexity index is 685. The molecule has 3 heterocycles. The lowest BCUT2D eigenvalue weighted by atomic mass is 10.1. The molecule has 2 N–H and O–H groups in total. The summed E-state index contributed by atoms with van der Waals surface area (Å²) in [5, 5.41) is 15.5. The molecule has 0 aliphatic carbocycles. The SMILES string of the molecule is O=C(N[C@H]1CO[C@H]2[C@@H]1OC[C@@H]2O)c1csc2ccccc12. The van der Waals surface area contributed by atoms with Crippen LogP contribution >= 0.6 is 11.3 Å². The lowest BCUT2D eigenvalue weighted by Gasteiger charge is -2.17. The standard InChI is InChI=1S/C15H15NO4S/c17-11-6-20-13-10(5-19-14(11)13)16-15(18)9-7-21-12-4-2-1-3-8(9)12/h1-4,7,10-11,13-14,17H,5-6H2,(H,16,18)/t10-,11-,13+,14+/m0/s1. The number of aliphatic hydroxyl groups excluding tert-OH is 1. The van der Waals surface area contributed by atoms with Gasteiger partial charge in [-0.1, -0.05) is 18.2 Å². The summed E-state index contributed by atoms with van der Waals surface area (Å²) in [5.41, 5.74) is 0.678. The van der Waals surface area contributed by atoms with Crippen molar-refractivity contribution in [2.75, 3.05) is 13.2 Å². The second-order valence-corrected chi connectivity index (χ2v) is 6.30. The fourth-order valence-corrected chi connectivity index (χ4v) is 3.94. The predicted molar refractivity (Wildman–Crippen MR) is 78.6 cm³/mol. The molecule has 2 aliphatic heterocycles. The fraction of sp³-hybridized carbons (Fsp3) is 0.400. The summed E-state index contributed by atoms with van der Waals surface area (Å²) < 4.78 is 12.1. The average molecular weight is 305 g/mol. The van der Waals surface area contributed by atoms with E-state index in [4.69, 9.17) is 9.47 Å². The third-order valence-corrected chi connectivity index (χ3v) is 5.03. The molecule has 0 radical (unpaired) electrons. The van der Waals surface area contributed by atoms with Gasteiger partial charge in [-0.05, 0) is 6.07 Å². The lowest BCUT2D eigenvalue weighted by Crippen LogP contribution is -2.44. The number of benzene rings is 1. The van der Waals surface area contributed by atoms with E-state index in [-0.39, 0.29) is 30.8 Å². The van der Waals surface area contributed by atoms with Crippen molar-refractivity contribution in [2.24, 2.45) is 0 Å². The molecule has 2 fully saturated rings. The zero-order valence-electron chi connectivity index (χ0n) is 11.2. The topological polar surface area (TPSA) is 67.8 Å². The van der Waals surface area contributed by atoms with Gasteiger partial charge in [-0.3, -0.25) is 4.79 Å². The van der Waals surface area contributed by atoms with Crippen LogP contribution in [-0.2, 0) is 9.47 Å². The van der Waals surface area contributed by atoms with E-state index in [0.29, 0.717) is 12.2 Å². The summed E-state index contributed by atoms with van der Waals surface area (Å²) in [5.74, 6) is -0.119. The fourth-order valence-electron chi connectivity index (χ4n) is 3.00.